The lowest BCUT2D eigenvalue weighted by Crippen LogP contribution is -2.09. The average Bonchev–Trinajstić information content (AvgIpc) is 3.09. The van der Waals surface area contributed by atoms with Crippen molar-refractivity contribution >= 4 is 17.3 Å². The highest BCUT2D eigenvalue weighted by atomic mass is 32.1. The fourth-order valence-corrected chi connectivity index (χ4v) is 2.93. The zero-order chi connectivity index (χ0) is 16.8. The van der Waals surface area contributed by atoms with Crippen LogP contribution in [0, 0.1) is 11.3 Å². The Labute approximate surface area is 143 Å². The van der Waals surface area contributed by atoms with E-state index in [2.05, 4.69) is 16.0 Å². The summed E-state index contributed by atoms with van der Waals surface area (Å²) in [4.78, 5) is 20.5. The number of hydrogen-bond donors (Lipinski definition) is 0. The number of esters is 1. The smallest absolute Gasteiger partial charge is 0.312 e. The van der Waals surface area contributed by atoms with Gasteiger partial charge in [-0.1, -0.05) is 18.2 Å². The highest BCUT2D eigenvalue weighted by Crippen LogP contribution is 2.23. The Morgan fingerprint density at radius 2 is 2.12 bits per heavy atom. The Morgan fingerprint density at radius 3 is 2.92 bits per heavy atom. The zero-order valence-electron chi connectivity index (χ0n) is 12.7. The van der Waals surface area contributed by atoms with Crippen LogP contribution in [-0.4, -0.2) is 15.9 Å². The average molecular weight is 335 g/mol. The summed E-state index contributed by atoms with van der Waals surface area (Å²) in [6.45, 7) is 0.0855. The number of thiazole rings is 1. The lowest BCUT2D eigenvalue weighted by Gasteiger charge is -2.05. The molecule has 0 radical (unpaired) electrons. The summed E-state index contributed by atoms with van der Waals surface area (Å²) in [5.74, 6) is -0.370. The van der Waals surface area contributed by atoms with E-state index < -0.39 is 0 Å². The summed E-state index contributed by atoms with van der Waals surface area (Å²) < 4.78 is 5.25. The van der Waals surface area contributed by atoms with Crippen LogP contribution in [0.2, 0.25) is 0 Å². The molecule has 24 heavy (non-hydrogen) atoms. The SMILES string of the molecule is N#Cc1ccccc1COC(=O)Cc1csc(-c2cccnc2)n1. The van der Waals surface area contributed by atoms with Gasteiger partial charge in [-0.2, -0.15) is 5.26 Å². The standard InChI is InChI=1S/C18H13N3O2S/c19-9-13-4-1-2-5-15(13)11-23-17(22)8-16-12-24-18(21-16)14-6-3-7-20-10-14/h1-7,10,12H,8,11H2. The molecule has 2 aromatic heterocycles. The molecular formula is C18H13N3O2S. The first kappa shape index (κ1) is 15.8. The van der Waals surface area contributed by atoms with Crippen LogP contribution in [0.3, 0.4) is 0 Å². The summed E-state index contributed by atoms with van der Waals surface area (Å²) in [6, 6.07) is 12.9. The van der Waals surface area contributed by atoms with Crippen LogP contribution in [0.5, 0.6) is 0 Å². The zero-order valence-corrected chi connectivity index (χ0v) is 13.5. The molecule has 118 valence electrons. The second-order valence-electron chi connectivity index (χ2n) is 4.99. The third-order valence-corrected chi connectivity index (χ3v) is 4.25. The van der Waals surface area contributed by atoms with Crippen LogP contribution < -0.4 is 0 Å². The predicted octanol–water partition coefficient (Wildman–Crippen LogP) is 3.36. The molecule has 1 aromatic carbocycles. The van der Waals surface area contributed by atoms with Gasteiger partial charge in [-0.15, -0.1) is 11.3 Å². The van der Waals surface area contributed by atoms with E-state index in [0.717, 1.165) is 10.6 Å². The van der Waals surface area contributed by atoms with Crippen LogP contribution in [-0.2, 0) is 22.6 Å². The van der Waals surface area contributed by atoms with Gasteiger partial charge in [0.25, 0.3) is 0 Å². The van der Waals surface area contributed by atoms with Crippen LogP contribution in [0.1, 0.15) is 16.8 Å². The van der Waals surface area contributed by atoms with Crippen molar-refractivity contribution in [2.75, 3.05) is 0 Å². The Morgan fingerprint density at radius 1 is 1.25 bits per heavy atom. The van der Waals surface area contributed by atoms with Gasteiger partial charge in [0.05, 0.1) is 23.7 Å². The number of carbonyl (C=O) groups excluding carboxylic acids is 1. The van der Waals surface area contributed by atoms with Gasteiger partial charge in [0.15, 0.2) is 0 Å². The summed E-state index contributed by atoms with van der Waals surface area (Å²) in [7, 11) is 0. The molecule has 6 heteroatoms. The van der Waals surface area contributed by atoms with Crippen molar-refractivity contribution < 1.29 is 9.53 Å². The third kappa shape index (κ3) is 3.83. The molecule has 0 saturated carbocycles. The van der Waals surface area contributed by atoms with Crippen molar-refractivity contribution in [2.45, 2.75) is 13.0 Å². The molecule has 0 spiro atoms. The first-order valence-corrected chi connectivity index (χ1v) is 8.12. The number of rotatable bonds is 5. The van der Waals surface area contributed by atoms with Gasteiger partial charge in [0, 0.05) is 28.9 Å². The van der Waals surface area contributed by atoms with Gasteiger partial charge in [-0.3, -0.25) is 9.78 Å². The number of aromatic nitrogens is 2. The van der Waals surface area contributed by atoms with Crippen LogP contribution in [0.15, 0.2) is 54.2 Å². The van der Waals surface area contributed by atoms with Gasteiger partial charge in [-0.05, 0) is 18.2 Å². The predicted molar refractivity (Wildman–Crippen MR) is 90.0 cm³/mol. The molecule has 2 heterocycles. The molecular weight excluding hydrogens is 322 g/mol. The summed E-state index contributed by atoms with van der Waals surface area (Å²) in [5.41, 5.74) is 2.79. The number of pyridine rings is 1. The van der Waals surface area contributed by atoms with E-state index in [1.807, 2.05) is 23.6 Å². The van der Waals surface area contributed by atoms with Crippen molar-refractivity contribution in [1.29, 1.82) is 5.26 Å². The van der Waals surface area contributed by atoms with Gasteiger partial charge in [0.1, 0.15) is 11.6 Å². The Balaban J connectivity index is 1.60. The lowest BCUT2D eigenvalue weighted by atomic mass is 10.1. The van der Waals surface area contributed by atoms with Gasteiger partial charge < -0.3 is 4.74 Å². The van der Waals surface area contributed by atoms with Crippen molar-refractivity contribution in [1.82, 2.24) is 9.97 Å². The topological polar surface area (TPSA) is 75.9 Å². The fraction of sp³-hybridized carbons (Fsp3) is 0.111. The molecule has 0 aliphatic heterocycles. The van der Waals surface area contributed by atoms with Crippen molar-refractivity contribution in [2.24, 2.45) is 0 Å². The molecule has 0 aliphatic rings. The molecule has 3 rings (SSSR count). The van der Waals surface area contributed by atoms with Gasteiger partial charge in [0.2, 0.25) is 0 Å². The van der Waals surface area contributed by atoms with Crippen LogP contribution in [0.4, 0.5) is 0 Å². The Hall–Kier alpha value is -3.04. The molecule has 0 fully saturated rings. The maximum Gasteiger partial charge on any atom is 0.312 e. The molecule has 0 atom stereocenters. The number of ether oxygens (including phenoxy) is 1. The molecule has 0 amide bonds. The highest BCUT2D eigenvalue weighted by Gasteiger charge is 2.11. The minimum absolute atomic E-state index is 0.0855. The van der Waals surface area contributed by atoms with Gasteiger partial charge in [-0.25, -0.2) is 4.98 Å². The van der Waals surface area contributed by atoms with Gasteiger partial charge >= 0.3 is 5.97 Å². The fourth-order valence-electron chi connectivity index (χ4n) is 2.12. The number of nitrogens with zero attached hydrogens (tertiary/aromatic N) is 3. The highest BCUT2D eigenvalue weighted by molar-refractivity contribution is 7.13. The Kier molecular flexibility index (Phi) is 4.94. The van der Waals surface area contributed by atoms with Crippen molar-refractivity contribution in [3.05, 3.63) is 71.0 Å². The Bertz CT molecular complexity index is 885. The quantitative estimate of drug-likeness (QED) is 0.668. The third-order valence-electron chi connectivity index (χ3n) is 3.31. The van der Waals surface area contributed by atoms with E-state index in [4.69, 9.17) is 10.00 Å². The minimum Gasteiger partial charge on any atom is -0.460 e. The second-order valence-corrected chi connectivity index (χ2v) is 5.85. The van der Waals surface area contributed by atoms with E-state index in [1.54, 1.807) is 30.6 Å². The van der Waals surface area contributed by atoms with E-state index in [9.17, 15) is 4.79 Å². The molecule has 0 aliphatic carbocycles. The number of benzene rings is 1. The minimum atomic E-state index is -0.370. The molecule has 0 bridgehead atoms. The van der Waals surface area contributed by atoms with Crippen molar-refractivity contribution in [3.8, 4) is 16.6 Å². The van der Waals surface area contributed by atoms with Crippen LogP contribution in [0.25, 0.3) is 10.6 Å². The maximum atomic E-state index is 12.0. The second kappa shape index (κ2) is 7.49. The van der Waals surface area contributed by atoms with Crippen molar-refractivity contribution in [3.63, 3.8) is 0 Å². The summed E-state index contributed by atoms with van der Waals surface area (Å²) >= 11 is 1.46. The number of nitriles is 1. The van der Waals surface area contributed by atoms with E-state index in [0.29, 0.717) is 16.8 Å². The number of hydrogen-bond acceptors (Lipinski definition) is 6. The lowest BCUT2D eigenvalue weighted by molar-refractivity contribution is -0.144. The first-order chi connectivity index (χ1) is 11.8. The molecule has 3 aromatic rings. The van der Waals surface area contributed by atoms with E-state index >= 15 is 0 Å². The summed E-state index contributed by atoms with van der Waals surface area (Å²) in [6.07, 6.45) is 3.54. The monoisotopic (exact) mass is 335 g/mol. The molecule has 0 unspecified atom stereocenters. The summed E-state index contributed by atoms with van der Waals surface area (Å²) in [5, 5.41) is 11.7. The normalized spacial score (nSPS) is 10.1. The number of carbonyl (C=O) groups is 1. The van der Waals surface area contributed by atoms with E-state index in [-0.39, 0.29) is 19.0 Å². The molecule has 0 N–H and O–H groups in total. The molecule has 5 nitrogen and oxygen atoms in total. The maximum absolute atomic E-state index is 12.0. The van der Waals surface area contributed by atoms with Crippen LogP contribution >= 0.6 is 11.3 Å². The first-order valence-electron chi connectivity index (χ1n) is 7.24. The largest absolute Gasteiger partial charge is 0.460 e. The van der Waals surface area contributed by atoms with E-state index in [1.165, 1.54) is 11.3 Å². The molecule has 0 saturated heterocycles.